The molecule has 0 unspecified atom stereocenters. The fourth-order valence-electron chi connectivity index (χ4n) is 1.19. The quantitative estimate of drug-likeness (QED) is 0.688. The van der Waals surface area contributed by atoms with Crippen LogP contribution in [0.5, 0.6) is 0 Å². The Morgan fingerprint density at radius 2 is 2.46 bits per heavy atom. The standard InChI is InChI=1S/C9H7NO2S/c1-6-9(2-8(4-11)13-6)7-3-10-12-5-7/h2-5H,1H3. The average Bonchev–Trinajstić information content (AvgIpc) is 2.72. The van der Waals surface area contributed by atoms with Crippen LogP contribution in [0.25, 0.3) is 11.1 Å². The number of hydrogen-bond acceptors (Lipinski definition) is 4. The van der Waals surface area contributed by atoms with Crippen molar-refractivity contribution in [3.63, 3.8) is 0 Å². The molecule has 0 aliphatic heterocycles. The van der Waals surface area contributed by atoms with E-state index in [0.29, 0.717) is 0 Å². The summed E-state index contributed by atoms with van der Waals surface area (Å²) in [6.45, 7) is 1.97. The van der Waals surface area contributed by atoms with E-state index in [1.165, 1.54) is 11.3 Å². The highest BCUT2D eigenvalue weighted by Crippen LogP contribution is 2.29. The summed E-state index contributed by atoms with van der Waals surface area (Å²) >= 11 is 1.48. The van der Waals surface area contributed by atoms with Crippen molar-refractivity contribution in [1.82, 2.24) is 5.16 Å². The van der Waals surface area contributed by atoms with Crippen LogP contribution in [0.2, 0.25) is 0 Å². The maximum absolute atomic E-state index is 10.5. The first-order valence-electron chi connectivity index (χ1n) is 3.76. The van der Waals surface area contributed by atoms with E-state index in [9.17, 15) is 4.79 Å². The molecule has 0 N–H and O–H groups in total. The third kappa shape index (κ3) is 1.40. The Bertz CT molecular complexity index is 417. The lowest BCUT2D eigenvalue weighted by molar-refractivity contribution is 0.112. The minimum atomic E-state index is 0.730. The molecule has 2 heterocycles. The van der Waals surface area contributed by atoms with E-state index in [2.05, 4.69) is 5.16 Å². The molecule has 0 aliphatic carbocycles. The van der Waals surface area contributed by atoms with E-state index in [-0.39, 0.29) is 0 Å². The van der Waals surface area contributed by atoms with Crippen molar-refractivity contribution < 1.29 is 9.32 Å². The SMILES string of the molecule is Cc1sc(C=O)cc1-c1cnoc1. The molecule has 4 heteroatoms. The molecule has 2 rings (SSSR count). The Balaban J connectivity index is 2.52. The lowest BCUT2D eigenvalue weighted by atomic mass is 10.1. The molecule has 0 saturated carbocycles. The minimum absolute atomic E-state index is 0.730. The number of nitrogens with zero attached hydrogens (tertiary/aromatic N) is 1. The zero-order valence-electron chi connectivity index (χ0n) is 6.98. The van der Waals surface area contributed by atoms with Crippen molar-refractivity contribution in [3.8, 4) is 11.1 Å². The highest BCUT2D eigenvalue weighted by Gasteiger charge is 2.08. The fourth-order valence-corrected chi connectivity index (χ4v) is 2.05. The molecule has 0 spiro atoms. The number of thiophene rings is 1. The van der Waals surface area contributed by atoms with Gasteiger partial charge in [-0.1, -0.05) is 5.16 Å². The molecule has 0 aromatic carbocycles. The van der Waals surface area contributed by atoms with Crippen molar-refractivity contribution in [2.75, 3.05) is 0 Å². The second kappa shape index (κ2) is 3.14. The summed E-state index contributed by atoms with van der Waals surface area (Å²) < 4.78 is 4.73. The summed E-state index contributed by atoms with van der Waals surface area (Å²) in [4.78, 5) is 12.3. The number of aromatic nitrogens is 1. The second-order valence-electron chi connectivity index (χ2n) is 2.65. The van der Waals surface area contributed by atoms with Gasteiger partial charge in [-0.2, -0.15) is 0 Å². The number of rotatable bonds is 2. The molecule has 0 radical (unpaired) electrons. The molecule has 0 saturated heterocycles. The van der Waals surface area contributed by atoms with Gasteiger partial charge in [0.2, 0.25) is 0 Å². The van der Waals surface area contributed by atoms with E-state index < -0.39 is 0 Å². The summed E-state index contributed by atoms with van der Waals surface area (Å²) in [6, 6.07) is 1.85. The van der Waals surface area contributed by atoms with Gasteiger partial charge in [-0.25, -0.2) is 0 Å². The molecule has 0 amide bonds. The van der Waals surface area contributed by atoms with Crippen LogP contribution in [0, 0.1) is 6.92 Å². The maximum atomic E-state index is 10.5. The molecule has 2 aromatic rings. The second-order valence-corrected chi connectivity index (χ2v) is 3.94. The molecular formula is C9H7NO2S. The van der Waals surface area contributed by atoms with Crippen molar-refractivity contribution in [2.24, 2.45) is 0 Å². The summed E-state index contributed by atoms with van der Waals surface area (Å²) in [5.74, 6) is 0. The highest BCUT2D eigenvalue weighted by molar-refractivity contribution is 7.14. The van der Waals surface area contributed by atoms with Gasteiger partial charge in [0.1, 0.15) is 6.26 Å². The highest BCUT2D eigenvalue weighted by atomic mass is 32.1. The smallest absolute Gasteiger partial charge is 0.160 e. The van der Waals surface area contributed by atoms with Gasteiger partial charge in [-0.3, -0.25) is 4.79 Å². The van der Waals surface area contributed by atoms with Crippen molar-refractivity contribution in [2.45, 2.75) is 6.92 Å². The van der Waals surface area contributed by atoms with E-state index in [0.717, 1.165) is 27.2 Å². The van der Waals surface area contributed by atoms with Crippen LogP contribution in [-0.2, 0) is 0 Å². The third-order valence-electron chi connectivity index (χ3n) is 1.80. The molecule has 2 aromatic heterocycles. The van der Waals surface area contributed by atoms with Crippen molar-refractivity contribution >= 4 is 17.6 Å². The first kappa shape index (κ1) is 8.19. The Kier molecular flexibility index (Phi) is 1.98. The van der Waals surface area contributed by atoms with Crippen LogP contribution in [0.1, 0.15) is 14.5 Å². The van der Waals surface area contributed by atoms with Crippen molar-refractivity contribution in [1.29, 1.82) is 0 Å². The molecule has 0 aliphatic rings. The largest absolute Gasteiger partial charge is 0.364 e. The van der Waals surface area contributed by atoms with Crippen LogP contribution < -0.4 is 0 Å². The molecule has 0 fully saturated rings. The zero-order valence-corrected chi connectivity index (χ0v) is 7.80. The van der Waals surface area contributed by atoms with Gasteiger partial charge in [0.05, 0.1) is 11.1 Å². The van der Waals surface area contributed by atoms with Crippen LogP contribution >= 0.6 is 11.3 Å². The zero-order chi connectivity index (χ0) is 9.26. The number of aryl methyl sites for hydroxylation is 1. The van der Waals surface area contributed by atoms with Gasteiger partial charge < -0.3 is 4.52 Å². The lowest BCUT2D eigenvalue weighted by Crippen LogP contribution is -1.70. The molecule has 0 atom stereocenters. The van der Waals surface area contributed by atoms with E-state index in [4.69, 9.17) is 4.52 Å². The number of carbonyl (C=O) groups is 1. The summed E-state index contributed by atoms with van der Waals surface area (Å²) in [5.41, 5.74) is 1.94. The van der Waals surface area contributed by atoms with Crippen LogP contribution in [0.4, 0.5) is 0 Å². The average molecular weight is 193 g/mol. The van der Waals surface area contributed by atoms with Crippen LogP contribution in [0.3, 0.4) is 0 Å². The van der Waals surface area contributed by atoms with Gasteiger partial charge in [-0.15, -0.1) is 11.3 Å². The molecule has 66 valence electrons. The van der Waals surface area contributed by atoms with Crippen molar-refractivity contribution in [3.05, 3.63) is 28.3 Å². The third-order valence-corrected chi connectivity index (χ3v) is 2.77. The van der Waals surface area contributed by atoms with Crippen LogP contribution in [0.15, 0.2) is 23.0 Å². The minimum Gasteiger partial charge on any atom is -0.364 e. The van der Waals surface area contributed by atoms with Gasteiger partial charge in [0.15, 0.2) is 6.29 Å². The summed E-state index contributed by atoms with van der Waals surface area (Å²) in [6.07, 6.45) is 4.07. The fraction of sp³-hybridized carbons (Fsp3) is 0.111. The van der Waals surface area contributed by atoms with Gasteiger partial charge in [-0.05, 0) is 13.0 Å². The predicted molar refractivity (Wildman–Crippen MR) is 49.9 cm³/mol. The van der Waals surface area contributed by atoms with E-state index >= 15 is 0 Å². The maximum Gasteiger partial charge on any atom is 0.160 e. The molecular weight excluding hydrogens is 186 g/mol. The normalized spacial score (nSPS) is 10.2. The Hall–Kier alpha value is -1.42. The number of hydrogen-bond donors (Lipinski definition) is 0. The monoisotopic (exact) mass is 193 g/mol. The Morgan fingerprint density at radius 1 is 1.62 bits per heavy atom. The van der Waals surface area contributed by atoms with Gasteiger partial charge >= 0.3 is 0 Å². The summed E-state index contributed by atoms with van der Waals surface area (Å²) in [5, 5.41) is 3.62. The number of aldehydes is 1. The summed E-state index contributed by atoms with van der Waals surface area (Å²) in [7, 11) is 0. The lowest BCUT2D eigenvalue weighted by Gasteiger charge is -1.89. The predicted octanol–water partition coefficient (Wildman–Crippen LogP) is 2.52. The topological polar surface area (TPSA) is 43.1 Å². The van der Waals surface area contributed by atoms with Gasteiger partial charge in [0, 0.05) is 16.0 Å². The Morgan fingerprint density at radius 3 is 3.00 bits per heavy atom. The molecule has 3 nitrogen and oxygen atoms in total. The first-order valence-corrected chi connectivity index (χ1v) is 4.58. The molecule has 13 heavy (non-hydrogen) atoms. The van der Waals surface area contributed by atoms with Crippen LogP contribution in [-0.4, -0.2) is 11.4 Å². The Labute approximate surface area is 79.0 Å². The first-order chi connectivity index (χ1) is 6.31. The molecule has 0 bridgehead atoms. The number of carbonyl (C=O) groups excluding carboxylic acids is 1. The van der Waals surface area contributed by atoms with E-state index in [1.54, 1.807) is 12.5 Å². The van der Waals surface area contributed by atoms with Gasteiger partial charge in [0.25, 0.3) is 0 Å². The van der Waals surface area contributed by atoms with E-state index in [1.807, 2.05) is 13.0 Å².